The zero-order valence-electron chi connectivity index (χ0n) is 36.9. The van der Waals surface area contributed by atoms with E-state index >= 15 is 0 Å². The molecule has 1 saturated heterocycles. The van der Waals surface area contributed by atoms with Crippen LogP contribution in [-0.2, 0) is 52.8 Å². The molecule has 0 radical (unpaired) electrons. The van der Waals surface area contributed by atoms with Crippen molar-refractivity contribution < 1.29 is 33.6 Å². The Bertz CT molecular complexity index is 2210. The molecule has 1 aliphatic heterocycles. The van der Waals surface area contributed by atoms with E-state index in [1.54, 1.807) is 6.20 Å². The fourth-order valence-electron chi connectivity index (χ4n) is 8.04. The summed E-state index contributed by atoms with van der Waals surface area (Å²) in [5.41, 5.74) is 14.8. The maximum atomic E-state index is 14.4. The van der Waals surface area contributed by atoms with Crippen molar-refractivity contribution in [2.75, 3.05) is 13.1 Å². The lowest BCUT2D eigenvalue weighted by atomic mass is 9.99. The van der Waals surface area contributed by atoms with Gasteiger partial charge in [0.2, 0.25) is 41.4 Å². The van der Waals surface area contributed by atoms with Crippen LogP contribution in [0.15, 0.2) is 91.1 Å². The van der Waals surface area contributed by atoms with E-state index in [9.17, 15) is 33.6 Å². The van der Waals surface area contributed by atoms with Crippen LogP contribution in [0.4, 0.5) is 0 Å². The van der Waals surface area contributed by atoms with Crippen molar-refractivity contribution in [1.82, 2.24) is 36.5 Å². The third-order valence-electron chi connectivity index (χ3n) is 11.5. The average Bonchev–Trinajstić information content (AvgIpc) is 3.94. The molecular formula is C48H63N9O7. The number of amides is 7. The summed E-state index contributed by atoms with van der Waals surface area (Å²) in [5.74, 6) is -3.80. The van der Waals surface area contributed by atoms with Crippen molar-refractivity contribution in [2.24, 2.45) is 17.4 Å². The number of likely N-dealkylation sites (tertiary alicyclic amines) is 1. The van der Waals surface area contributed by atoms with E-state index < -0.39 is 77.6 Å². The first-order valence-corrected chi connectivity index (χ1v) is 22.1. The Morgan fingerprint density at radius 3 is 1.84 bits per heavy atom. The van der Waals surface area contributed by atoms with Crippen LogP contribution in [0.2, 0.25) is 0 Å². The fourth-order valence-corrected chi connectivity index (χ4v) is 8.04. The molecule has 3 aromatic carbocycles. The molecule has 16 heteroatoms. The Kier molecular flexibility index (Phi) is 18.0. The van der Waals surface area contributed by atoms with E-state index in [-0.39, 0.29) is 51.1 Å². The molecule has 5 rings (SSSR count). The molecular weight excluding hydrogens is 815 g/mol. The van der Waals surface area contributed by atoms with Crippen molar-refractivity contribution in [3.05, 3.63) is 108 Å². The molecule has 0 saturated carbocycles. The molecule has 16 nitrogen and oxygen atoms in total. The number of primary amides is 1. The van der Waals surface area contributed by atoms with Crippen molar-refractivity contribution >= 4 is 52.3 Å². The summed E-state index contributed by atoms with van der Waals surface area (Å²) in [5, 5.41) is 14.9. The fraction of sp³-hybridized carbons (Fsp3) is 0.438. The summed E-state index contributed by atoms with van der Waals surface area (Å²) in [7, 11) is 0. The molecule has 7 amide bonds. The largest absolute Gasteiger partial charge is 0.368 e. The van der Waals surface area contributed by atoms with Crippen LogP contribution < -0.4 is 38.1 Å². The quantitative estimate of drug-likeness (QED) is 0.0548. The lowest BCUT2D eigenvalue weighted by molar-refractivity contribution is -0.142. The van der Waals surface area contributed by atoms with Crippen LogP contribution in [0.25, 0.3) is 10.9 Å². The molecule has 0 aliphatic carbocycles. The smallest absolute Gasteiger partial charge is 0.245 e. The van der Waals surface area contributed by atoms with Gasteiger partial charge in [0.1, 0.15) is 36.3 Å². The number of fused-ring (bicyclic) bond motifs is 1. The zero-order valence-corrected chi connectivity index (χ0v) is 36.9. The molecule has 10 N–H and O–H groups in total. The molecule has 1 aliphatic rings. The standard InChI is InChI=1S/C48H63N9O7/c1-30(2)22-23-37(44(60)56-41(28-34-29-51-36-19-11-10-18-35(34)36)46(62)55-39(43(50)59)26-32-14-6-4-7-15-32)53-47(63)42-21-13-25-57(42)48(64)38(20-12-24-49)54-45(61)40(52-31(3)58)27-33-16-8-5-9-17-33/h4-11,14-19,29-30,37-42,51H,12-13,20-28,49H2,1-3H3,(H2,50,59)(H,52,58)(H,53,63)(H,54,61)(H,55,62)(H,56,60)/t37-,38+,39-,40+,41-,42+/m1/s1. The monoisotopic (exact) mass is 877 g/mol. The molecule has 64 heavy (non-hydrogen) atoms. The first-order chi connectivity index (χ1) is 30.7. The molecule has 2 heterocycles. The van der Waals surface area contributed by atoms with Gasteiger partial charge < -0.3 is 47.9 Å². The molecule has 0 bridgehead atoms. The Hall–Kier alpha value is -6.55. The SMILES string of the molecule is CC(=O)N[C@@H](Cc1ccccc1)C(=O)N[C@@H](CCCN)C(=O)N1CCC[C@H]1C(=O)N[C@H](CCC(C)C)C(=O)N[C@H](Cc1c[nH]c2ccccc12)C(=O)N[C@H](Cc1ccccc1)C(N)=O. The van der Waals surface area contributed by atoms with Crippen LogP contribution in [0.1, 0.15) is 76.0 Å². The van der Waals surface area contributed by atoms with Gasteiger partial charge in [0.25, 0.3) is 0 Å². The summed E-state index contributed by atoms with van der Waals surface area (Å²) >= 11 is 0. The van der Waals surface area contributed by atoms with Gasteiger partial charge in [-0.2, -0.15) is 0 Å². The van der Waals surface area contributed by atoms with Crippen molar-refractivity contribution in [3.63, 3.8) is 0 Å². The first-order valence-electron chi connectivity index (χ1n) is 22.1. The Morgan fingerprint density at radius 1 is 0.672 bits per heavy atom. The van der Waals surface area contributed by atoms with Gasteiger partial charge in [-0.15, -0.1) is 0 Å². The topological polar surface area (TPSA) is 251 Å². The molecule has 342 valence electrons. The number of H-pyrrole nitrogens is 1. The number of benzene rings is 3. The first kappa shape index (κ1) is 48.5. The van der Waals surface area contributed by atoms with Crippen LogP contribution in [0, 0.1) is 5.92 Å². The van der Waals surface area contributed by atoms with Crippen LogP contribution in [-0.4, -0.2) is 101 Å². The Morgan fingerprint density at radius 2 is 1.23 bits per heavy atom. The number of hydrogen-bond donors (Lipinski definition) is 8. The van der Waals surface area contributed by atoms with Gasteiger partial charge in [-0.05, 0) is 73.7 Å². The molecule has 6 atom stereocenters. The minimum Gasteiger partial charge on any atom is -0.368 e. The Labute approximate surface area is 374 Å². The third-order valence-corrected chi connectivity index (χ3v) is 11.5. The number of hydrogen-bond acceptors (Lipinski definition) is 8. The number of nitrogens with two attached hydrogens (primary N) is 2. The third kappa shape index (κ3) is 14.0. The number of aromatic amines is 1. The summed E-state index contributed by atoms with van der Waals surface area (Å²) in [4.78, 5) is 100. The highest BCUT2D eigenvalue weighted by Crippen LogP contribution is 2.22. The van der Waals surface area contributed by atoms with Crippen LogP contribution in [0.5, 0.6) is 0 Å². The Balaban J connectivity index is 1.34. The number of carbonyl (C=O) groups excluding carboxylic acids is 7. The molecule has 1 aromatic heterocycles. The van der Waals surface area contributed by atoms with E-state index in [0.29, 0.717) is 25.7 Å². The molecule has 0 spiro atoms. The van der Waals surface area contributed by atoms with E-state index in [0.717, 1.165) is 27.6 Å². The van der Waals surface area contributed by atoms with E-state index in [1.807, 2.05) is 98.8 Å². The molecule has 4 aromatic rings. The minimum absolute atomic E-state index is 0.0538. The van der Waals surface area contributed by atoms with E-state index in [4.69, 9.17) is 11.5 Å². The lowest BCUT2D eigenvalue weighted by Crippen LogP contribution is -2.59. The normalized spacial score (nSPS) is 16.0. The maximum Gasteiger partial charge on any atom is 0.245 e. The number of aromatic nitrogens is 1. The average molecular weight is 878 g/mol. The number of rotatable bonds is 23. The predicted molar refractivity (Wildman–Crippen MR) is 244 cm³/mol. The molecule has 1 fully saturated rings. The van der Waals surface area contributed by atoms with Crippen molar-refractivity contribution in [3.8, 4) is 0 Å². The molecule has 0 unspecified atom stereocenters. The number of para-hydroxylation sites is 1. The zero-order chi connectivity index (χ0) is 46.2. The second-order valence-electron chi connectivity index (χ2n) is 16.9. The second kappa shape index (κ2) is 23.8. The summed E-state index contributed by atoms with van der Waals surface area (Å²) in [6.45, 7) is 5.79. The number of nitrogens with zero attached hydrogens (tertiary/aromatic N) is 1. The number of carbonyl (C=O) groups is 7. The second-order valence-corrected chi connectivity index (χ2v) is 16.9. The summed E-state index contributed by atoms with van der Waals surface area (Å²) in [6, 6.07) is 19.6. The lowest BCUT2D eigenvalue weighted by Gasteiger charge is -2.31. The van der Waals surface area contributed by atoms with E-state index in [2.05, 4.69) is 31.6 Å². The highest BCUT2D eigenvalue weighted by Gasteiger charge is 2.40. The van der Waals surface area contributed by atoms with Gasteiger partial charge in [0.15, 0.2) is 0 Å². The minimum atomic E-state index is -1.18. The van der Waals surface area contributed by atoms with Gasteiger partial charge in [0, 0.05) is 49.8 Å². The van der Waals surface area contributed by atoms with Gasteiger partial charge >= 0.3 is 0 Å². The van der Waals surface area contributed by atoms with Crippen molar-refractivity contribution in [2.45, 2.75) is 115 Å². The van der Waals surface area contributed by atoms with Crippen LogP contribution in [0.3, 0.4) is 0 Å². The number of nitrogens with one attached hydrogen (secondary N) is 6. The summed E-state index contributed by atoms with van der Waals surface area (Å²) < 4.78 is 0. The van der Waals surface area contributed by atoms with Crippen LogP contribution >= 0.6 is 0 Å². The van der Waals surface area contributed by atoms with E-state index in [1.165, 1.54) is 11.8 Å². The van der Waals surface area contributed by atoms with Gasteiger partial charge in [0.05, 0.1) is 0 Å². The summed E-state index contributed by atoms with van der Waals surface area (Å²) in [6.07, 6.45) is 4.37. The highest BCUT2D eigenvalue weighted by atomic mass is 16.2. The van der Waals surface area contributed by atoms with Gasteiger partial charge in [-0.25, -0.2) is 0 Å². The van der Waals surface area contributed by atoms with Gasteiger partial charge in [-0.1, -0.05) is 92.7 Å². The maximum absolute atomic E-state index is 14.4. The van der Waals surface area contributed by atoms with Crippen molar-refractivity contribution in [1.29, 1.82) is 0 Å². The van der Waals surface area contributed by atoms with Gasteiger partial charge in [-0.3, -0.25) is 33.6 Å². The highest BCUT2D eigenvalue weighted by molar-refractivity contribution is 5.97. The predicted octanol–water partition coefficient (Wildman–Crippen LogP) is 2.29.